The largest absolute Gasteiger partial charge is 0.368 e. The van der Waals surface area contributed by atoms with Gasteiger partial charge in [0.2, 0.25) is 5.91 Å². The van der Waals surface area contributed by atoms with Gasteiger partial charge in [-0.3, -0.25) is 10.1 Å². The van der Waals surface area contributed by atoms with Crippen LogP contribution < -0.4 is 11.1 Å². The molecule has 0 aliphatic heterocycles. The number of nitrogens with one attached hydrogen (secondary N) is 1. The van der Waals surface area contributed by atoms with Gasteiger partial charge < -0.3 is 5.73 Å². The van der Waals surface area contributed by atoms with Gasteiger partial charge in [0, 0.05) is 6.04 Å². The Morgan fingerprint density at radius 2 is 1.89 bits per heavy atom. The lowest BCUT2D eigenvalue weighted by Crippen LogP contribution is -2.40. The van der Waals surface area contributed by atoms with Crippen molar-refractivity contribution in [2.24, 2.45) is 5.73 Å². The van der Waals surface area contributed by atoms with Crippen molar-refractivity contribution in [2.45, 2.75) is 51.6 Å². The number of nitrogens with two attached hydrogens (primary N) is 1. The lowest BCUT2D eigenvalue weighted by atomic mass is 9.89. The molecule has 18 heavy (non-hydrogen) atoms. The molecule has 2 atom stereocenters. The fourth-order valence-electron chi connectivity index (χ4n) is 2.58. The molecular weight excluding hydrogens is 224 g/mol. The summed E-state index contributed by atoms with van der Waals surface area (Å²) < 4.78 is 0. The molecule has 98 valence electrons. The van der Waals surface area contributed by atoms with Crippen molar-refractivity contribution >= 4 is 5.91 Å². The molecule has 0 saturated heterocycles. The normalized spacial score (nSPS) is 17.9. The summed E-state index contributed by atoms with van der Waals surface area (Å²) in [7, 11) is 0. The zero-order chi connectivity index (χ0) is 13.1. The van der Waals surface area contributed by atoms with E-state index in [1.165, 1.54) is 42.4 Å². The van der Waals surface area contributed by atoms with Crippen LogP contribution in [0, 0.1) is 0 Å². The van der Waals surface area contributed by atoms with Crippen LogP contribution in [0.3, 0.4) is 0 Å². The fourth-order valence-corrected chi connectivity index (χ4v) is 2.58. The van der Waals surface area contributed by atoms with Crippen LogP contribution in [0.15, 0.2) is 18.2 Å². The SMILES string of the molecule is C[C@H](N[C@H](C)C(N)=O)c1ccc2c(c1)CCCC2. The number of hydrogen-bond acceptors (Lipinski definition) is 2. The molecule has 0 unspecified atom stereocenters. The predicted molar refractivity (Wildman–Crippen MR) is 73.3 cm³/mol. The second-order valence-electron chi connectivity index (χ2n) is 5.25. The van der Waals surface area contributed by atoms with E-state index in [9.17, 15) is 4.79 Å². The van der Waals surface area contributed by atoms with Gasteiger partial charge in [0.15, 0.2) is 0 Å². The average molecular weight is 246 g/mol. The fraction of sp³-hybridized carbons (Fsp3) is 0.533. The molecule has 0 bridgehead atoms. The molecule has 3 N–H and O–H groups in total. The molecular formula is C15H22N2O. The van der Waals surface area contributed by atoms with Gasteiger partial charge in [-0.1, -0.05) is 18.2 Å². The third kappa shape index (κ3) is 2.91. The first-order valence-electron chi connectivity index (χ1n) is 6.75. The summed E-state index contributed by atoms with van der Waals surface area (Å²) in [4.78, 5) is 11.1. The summed E-state index contributed by atoms with van der Waals surface area (Å²) in [6.45, 7) is 3.88. The Bertz CT molecular complexity index is 442. The van der Waals surface area contributed by atoms with E-state index in [0.717, 1.165) is 0 Å². The molecule has 3 heteroatoms. The predicted octanol–water partition coefficient (Wildman–Crippen LogP) is 2.09. The van der Waals surface area contributed by atoms with Gasteiger partial charge in [-0.2, -0.15) is 0 Å². The highest BCUT2D eigenvalue weighted by molar-refractivity contribution is 5.79. The number of aryl methyl sites for hydroxylation is 2. The molecule has 1 amide bonds. The van der Waals surface area contributed by atoms with Crippen LogP contribution in [0.2, 0.25) is 0 Å². The molecule has 1 aromatic rings. The lowest BCUT2D eigenvalue weighted by Gasteiger charge is -2.21. The third-order valence-corrected chi connectivity index (χ3v) is 3.80. The number of amides is 1. The average Bonchev–Trinajstić information content (AvgIpc) is 2.37. The number of rotatable bonds is 4. The molecule has 1 aliphatic carbocycles. The molecule has 0 heterocycles. The Balaban J connectivity index is 2.11. The van der Waals surface area contributed by atoms with Crippen molar-refractivity contribution < 1.29 is 4.79 Å². The van der Waals surface area contributed by atoms with Crippen LogP contribution in [0.4, 0.5) is 0 Å². The first kappa shape index (κ1) is 13.1. The summed E-state index contributed by atoms with van der Waals surface area (Å²) in [5.41, 5.74) is 9.47. The lowest BCUT2D eigenvalue weighted by molar-refractivity contribution is -0.119. The number of primary amides is 1. The molecule has 0 radical (unpaired) electrons. The van der Waals surface area contributed by atoms with Gasteiger partial charge >= 0.3 is 0 Å². The number of carbonyl (C=O) groups is 1. The number of fused-ring (bicyclic) bond motifs is 1. The van der Waals surface area contributed by atoms with E-state index in [0.29, 0.717) is 0 Å². The number of benzene rings is 1. The zero-order valence-corrected chi connectivity index (χ0v) is 11.2. The molecule has 0 fully saturated rings. The van der Waals surface area contributed by atoms with Gasteiger partial charge in [0.05, 0.1) is 6.04 Å². The van der Waals surface area contributed by atoms with Crippen molar-refractivity contribution in [3.8, 4) is 0 Å². The summed E-state index contributed by atoms with van der Waals surface area (Å²) in [6, 6.07) is 6.53. The van der Waals surface area contributed by atoms with Crippen LogP contribution in [0.25, 0.3) is 0 Å². The molecule has 0 saturated carbocycles. The number of hydrogen-bond donors (Lipinski definition) is 2. The van der Waals surface area contributed by atoms with E-state index in [-0.39, 0.29) is 18.0 Å². The Morgan fingerprint density at radius 3 is 2.56 bits per heavy atom. The maximum atomic E-state index is 11.1. The highest BCUT2D eigenvalue weighted by atomic mass is 16.1. The van der Waals surface area contributed by atoms with Gasteiger partial charge in [-0.05, 0) is 56.2 Å². The first-order valence-corrected chi connectivity index (χ1v) is 6.75. The molecule has 0 aromatic heterocycles. The standard InChI is InChI=1S/C15H22N2O/c1-10(17-11(2)15(16)18)13-8-7-12-5-3-4-6-14(12)9-13/h7-11,17H,3-6H2,1-2H3,(H2,16,18)/t10-,11+/m0/s1. The van der Waals surface area contributed by atoms with Crippen LogP contribution in [-0.2, 0) is 17.6 Å². The van der Waals surface area contributed by atoms with Crippen molar-refractivity contribution in [2.75, 3.05) is 0 Å². The first-order chi connectivity index (χ1) is 8.58. The van der Waals surface area contributed by atoms with E-state index in [1.54, 1.807) is 6.92 Å². The summed E-state index contributed by atoms with van der Waals surface area (Å²) in [6.07, 6.45) is 4.98. The number of carbonyl (C=O) groups excluding carboxylic acids is 1. The Kier molecular flexibility index (Phi) is 4.02. The highest BCUT2D eigenvalue weighted by Crippen LogP contribution is 2.24. The Labute approximate surface area is 109 Å². The van der Waals surface area contributed by atoms with E-state index in [4.69, 9.17) is 5.73 Å². The Morgan fingerprint density at radius 1 is 1.22 bits per heavy atom. The smallest absolute Gasteiger partial charge is 0.234 e. The Hall–Kier alpha value is -1.35. The third-order valence-electron chi connectivity index (χ3n) is 3.80. The van der Waals surface area contributed by atoms with E-state index >= 15 is 0 Å². The topological polar surface area (TPSA) is 55.1 Å². The van der Waals surface area contributed by atoms with Crippen molar-refractivity contribution in [3.05, 3.63) is 34.9 Å². The second kappa shape index (κ2) is 5.53. The van der Waals surface area contributed by atoms with Crippen LogP contribution in [-0.4, -0.2) is 11.9 Å². The molecule has 1 aliphatic rings. The summed E-state index contributed by atoms with van der Waals surface area (Å²) >= 11 is 0. The van der Waals surface area contributed by atoms with Gasteiger partial charge in [0.1, 0.15) is 0 Å². The minimum atomic E-state index is -0.306. The monoisotopic (exact) mass is 246 g/mol. The minimum Gasteiger partial charge on any atom is -0.368 e. The zero-order valence-electron chi connectivity index (χ0n) is 11.2. The van der Waals surface area contributed by atoms with Crippen LogP contribution in [0.1, 0.15) is 49.4 Å². The van der Waals surface area contributed by atoms with E-state index in [2.05, 4.69) is 30.4 Å². The quantitative estimate of drug-likeness (QED) is 0.854. The maximum absolute atomic E-state index is 11.1. The van der Waals surface area contributed by atoms with E-state index in [1.807, 2.05) is 0 Å². The summed E-state index contributed by atoms with van der Waals surface area (Å²) in [5, 5.41) is 3.23. The van der Waals surface area contributed by atoms with Crippen molar-refractivity contribution in [3.63, 3.8) is 0 Å². The molecule has 0 spiro atoms. The van der Waals surface area contributed by atoms with Gasteiger partial charge in [-0.15, -0.1) is 0 Å². The van der Waals surface area contributed by atoms with Crippen molar-refractivity contribution in [1.82, 2.24) is 5.32 Å². The highest BCUT2D eigenvalue weighted by Gasteiger charge is 2.15. The second-order valence-corrected chi connectivity index (χ2v) is 5.25. The van der Waals surface area contributed by atoms with Crippen LogP contribution in [0.5, 0.6) is 0 Å². The van der Waals surface area contributed by atoms with Gasteiger partial charge in [0.25, 0.3) is 0 Å². The van der Waals surface area contributed by atoms with E-state index < -0.39 is 0 Å². The molecule has 1 aromatic carbocycles. The summed E-state index contributed by atoms with van der Waals surface area (Å²) in [5.74, 6) is -0.306. The maximum Gasteiger partial charge on any atom is 0.234 e. The molecule has 3 nitrogen and oxygen atoms in total. The van der Waals surface area contributed by atoms with Crippen LogP contribution >= 0.6 is 0 Å². The minimum absolute atomic E-state index is 0.153. The van der Waals surface area contributed by atoms with Crippen molar-refractivity contribution in [1.29, 1.82) is 0 Å². The molecule has 2 rings (SSSR count). The van der Waals surface area contributed by atoms with Gasteiger partial charge in [-0.25, -0.2) is 0 Å².